The molecule has 1 radical (unpaired) electrons. The van der Waals surface area contributed by atoms with Gasteiger partial charge in [0.2, 0.25) is 0 Å². The van der Waals surface area contributed by atoms with Crippen LogP contribution < -0.4 is 14.7 Å². The molecule has 4 nitrogen and oxygen atoms in total. The fourth-order valence-corrected chi connectivity index (χ4v) is 0. The standard InChI is InChI=1S/Ho.H3O4P/c;1-5(2,3)4/h;(H3,1,2,3,4)/p-3. The number of hydrogen-bond acceptors (Lipinski definition) is 4. The van der Waals surface area contributed by atoms with E-state index in [2.05, 4.69) is 0 Å². The minimum Gasteiger partial charge on any atom is -0.822 e. The Balaban J connectivity index is 0. The van der Waals surface area contributed by atoms with E-state index in [4.69, 9.17) is 19.2 Å². The van der Waals surface area contributed by atoms with Gasteiger partial charge in [-0.05, 0) is 0 Å². The molecule has 6 heteroatoms. The van der Waals surface area contributed by atoms with Crippen LogP contribution in [0.2, 0.25) is 0 Å². The van der Waals surface area contributed by atoms with Crippen molar-refractivity contribution in [2.24, 2.45) is 0 Å². The molecule has 0 aliphatic rings. The van der Waals surface area contributed by atoms with Crippen LogP contribution in [0.1, 0.15) is 0 Å². The average Bonchev–Trinajstić information content (AvgIpc) is 0.722. The largest absolute Gasteiger partial charge is 0.822 e. The summed E-state index contributed by atoms with van der Waals surface area (Å²) in [5.74, 6) is 0. The zero-order valence-electron chi connectivity index (χ0n) is 2.38. The molecule has 0 aliphatic heterocycles. The van der Waals surface area contributed by atoms with Crippen LogP contribution in [-0.4, -0.2) is 0 Å². The van der Waals surface area contributed by atoms with Crippen LogP contribution in [0, 0.1) is 37.7 Å². The molecular weight excluding hydrogens is 260 g/mol. The summed E-state index contributed by atoms with van der Waals surface area (Å²) >= 11 is 0. The van der Waals surface area contributed by atoms with Gasteiger partial charge in [-0.15, -0.1) is 0 Å². The Labute approximate surface area is 64.4 Å². The van der Waals surface area contributed by atoms with Crippen LogP contribution in [0.15, 0.2) is 0 Å². The molecule has 0 spiro atoms. The Morgan fingerprint density at radius 1 is 1.17 bits per heavy atom. The molecule has 0 N–H and O–H groups in total. The first-order chi connectivity index (χ1) is 2.00. The van der Waals surface area contributed by atoms with E-state index in [9.17, 15) is 0 Å². The van der Waals surface area contributed by atoms with E-state index in [-0.39, 0.29) is 37.7 Å². The predicted molar refractivity (Wildman–Crippen MR) is 7.61 cm³/mol. The first kappa shape index (κ1) is 10.4. The van der Waals surface area contributed by atoms with Gasteiger partial charge in [-0.1, -0.05) is 0 Å². The van der Waals surface area contributed by atoms with Gasteiger partial charge in [-0.2, -0.15) is 7.82 Å². The molecule has 0 unspecified atom stereocenters. The van der Waals surface area contributed by atoms with Gasteiger partial charge in [-0.25, -0.2) is 0 Å². The van der Waals surface area contributed by atoms with E-state index in [0.717, 1.165) is 0 Å². The molecule has 0 heterocycles. The third-order valence-corrected chi connectivity index (χ3v) is 0. The smallest absolute Gasteiger partial charge is 0 e. The van der Waals surface area contributed by atoms with Crippen molar-refractivity contribution in [1.29, 1.82) is 0 Å². The molecule has 0 rings (SSSR count). The maximum atomic E-state index is 8.55. The molecule has 0 aromatic heterocycles. The molecule has 6 heavy (non-hydrogen) atoms. The maximum Gasteiger partial charge on any atom is 0 e. The van der Waals surface area contributed by atoms with Gasteiger partial charge < -0.3 is 19.2 Å². The van der Waals surface area contributed by atoms with Crippen LogP contribution in [0.25, 0.3) is 0 Å². The molecule has 0 saturated heterocycles. The Morgan fingerprint density at radius 2 is 1.17 bits per heavy atom. The van der Waals surface area contributed by atoms with E-state index >= 15 is 0 Å². The van der Waals surface area contributed by atoms with Crippen LogP contribution >= 0.6 is 7.82 Å². The van der Waals surface area contributed by atoms with Crippen molar-refractivity contribution in [1.82, 2.24) is 0 Å². The Hall–Kier alpha value is 1.37. The van der Waals surface area contributed by atoms with E-state index in [1.807, 2.05) is 0 Å². The molecule has 0 aliphatic carbocycles. The fraction of sp³-hybridized carbons (Fsp3) is 0. The van der Waals surface area contributed by atoms with Crippen molar-refractivity contribution in [2.45, 2.75) is 0 Å². The molecular formula is HoO4P-3. The van der Waals surface area contributed by atoms with Crippen LogP contribution in [0.3, 0.4) is 0 Å². The van der Waals surface area contributed by atoms with Crippen molar-refractivity contribution in [3.05, 3.63) is 0 Å². The summed E-state index contributed by atoms with van der Waals surface area (Å²) < 4.78 is 8.55. The summed E-state index contributed by atoms with van der Waals surface area (Å²) in [6.07, 6.45) is 0. The molecule has 0 saturated carbocycles. The van der Waals surface area contributed by atoms with Crippen LogP contribution in [0.4, 0.5) is 0 Å². The normalized spacial score (nSPS) is 9.83. The van der Waals surface area contributed by atoms with Crippen molar-refractivity contribution in [3.63, 3.8) is 0 Å². The molecule has 0 fully saturated rings. The van der Waals surface area contributed by atoms with E-state index in [1.54, 1.807) is 0 Å². The van der Waals surface area contributed by atoms with E-state index in [0.29, 0.717) is 0 Å². The van der Waals surface area contributed by atoms with Gasteiger partial charge in [-0.3, -0.25) is 0 Å². The van der Waals surface area contributed by atoms with Gasteiger partial charge in [0.15, 0.2) is 0 Å². The molecule has 43 valence electrons. The summed E-state index contributed by atoms with van der Waals surface area (Å²) in [6.45, 7) is 0. The van der Waals surface area contributed by atoms with Crippen molar-refractivity contribution in [2.75, 3.05) is 0 Å². The summed E-state index contributed by atoms with van der Waals surface area (Å²) in [5.41, 5.74) is 0. The van der Waals surface area contributed by atoms with Gasteiger partial charge in [0.1, 0.15) is 0 Å². The second-order valence-corrected chi connectivity index (χ2v) is 1.34. The third-order valence-electron chi connectivity index (χ3n) is 0. The van der Waals surface area contributed by atoms with E-state index in [1.165, 1.54) is 0 Å². The summed E-state index contributed by atoms with van der Waals surface area (Å²) in [5, 5.41) is 0. The van der Waals surface area contributed by atoms with Crippen molar-refractivity contribution >= 4 is 7.82 Å². The summed E-state index contributed by atoms with van der Waals surface area (Å²) in [6, 6.07) is 0. The van der Waals surface area contributed by atoms with Gasteiger partial charge >= 0.3 is 0 Å². The molecule has 0 aromatic carbocycles. The van der Waals surface area contributed by atoms with Crippen molar-refractivity contribution in [3.8, 4) is 0 Å². The van der Waals surface area contributed by atoms with E-state index < -0.39 is 7.82 Å². The Kier molecular flexibility index (Phi) is 5.84. The van der Waals surface area contributed by atoms with Crippen LogP contribution in [-0.2, 0) is 4.57 Å². The average molecular weight is 260 g/mol. The zero-order valence-corrected chi connectivity index (χ0v) is 5.21. The third kappa shape index (κ3) is 54.6. The monoisotopic (exact) mass is 260 g/mol. The minimum absolute atomic E-state index is 0. The second kappa shape index (κ2) is 3.38. The number of rotatable bonds is 0. The topological polar surface area (TPSA) is 86.2 Å². The SMILES string of the molecule is O=P([O-])([O-])[O-].[Ho]. The number of phosphoric acid groups is 1. The molecule has 0 atom stereocenters. The predicted octanol–water partition coefficient (Wildman–Crippen LogP) is -2.82. The van der Waals surface area contributed by atoms with Gasteiger partial charge in [0.05, 0.1) is 0 Å². The molecule has 0 aromatic rings. The number of hydrogen-bond donors (Lipinski definition) is 0. The summed E-state index contributed by atoms with van der Waals surface area (Å²) in [4.78, 5) is 25.6. The summed E-state index contributed by atoms with van der Waals surface area (Å²) in [7, 11) is -5.39. The minimum atomic E-state index is -5.39. The Bertz CT molecular complexity index is 53.7. The second-order valence-electron chi connectivity index (χ2n) is 0.447. The fourth-order valence-electron chi connectivity index (χ4n) is 0. The first-order valence-electron chi connectivity index (χ1n) is 0.730. The van der Waals surface area contributed by atoms with Crippen LogP contribution in [0.5, 0.6) is 0 Å². The molecule has 0 bridgehead atoms. The maximum absolute atomic E-state index is 8.55. The van der Waals surface area contributed by atoms with Gasteiger partial charge in [0, 0.05) is 37.7 Å². The first-order valence-corrected chi connectivity index (χ1v) is 2.19. The quantitative estimate of drug-likeness (QED) is 0.347. The zero-order chi connectivity index (χ0) is 4.50. The molecule has 0 amide bonds. The van der Waals surface area contributed by atoms with Gasteiger partial charge in [0.25, 0.3) is 0 Å². The Morgan fingerprint density at radius 3 is 1.17 bits per heavy atom. The van der Waals surface area contributed by atoms with Crippen molar-refractivity contribution < 1.29 is 57.0 Å².